The van der Waals surface area contributed by atoms with Crippen LogP contribution < -0.4 is 4.90 Å². The largest absolute Gasteiger partial charge is 0.465 e. The Kier molecular flexibility index (Phi) is 3.18. The van der Waals surface area contributed by atoms with Gasteiger partial charge in [0.05, 0.1) is 12.1 Å². The highest BCUT2D eigenvalue weighted by atomic mass is 16.5. The van der Waals surface area contributed by atoms with Gasteiger partial charge in [0.25, 0.3) is 0 Å². The second-order valence-corrected chi connectivity index (χ2v) is 9.65. The standard InChI is InChI=1S/C24H30N2O2/c1-4-26-20-9-6-5-8-19(20)23-11-13-25-12-7-10-22(21(23)25)14-18(15-28-17(3)27)24(23,26)16(22)2/h5-10,16,18,21H,4,11-15H2,1-3H3/t16-,18+,21+,22+,23-,24-/m1/s1. The smallest absolute Gasteiger partial charge is 0.302 e. The van der Waals surface area contributed by atoms with Crippen molar-refractivity contribution in [1.82, 2.24) is 4.90 Å². The highest BCUT2D eigenvalue weighted by Crippen LogP contribution is 2.80. The fraction of sp³-hybridized carbons (Fsp3) is 0.625. The molecule has 2 saturated carbocycles. The highest BCUT2D eigenvalue weighted by molar-refractivity contribution is 5.73. The molecule has 6 atom stereocenters. The number of fused-ring (bicyclic) bond motifs is 1. The van der Waals surface area contributed by atoms with Crippen LogP contribution in [0.3, 0.4) is 0 Å². The Labute approximate surface area is 167 Å². The van der Waals surface area contributed by atoms with Crippen LogP contribution in [0.15, 0.2) is 36.4 Å². The van der Waals surface area contributed by atoms with Crippen LogP contribution in [0.1, 0.15) is 39.2 Å². The number of para-hydroxylation sites is 1. The predicted molar refractivity (Wildman–Crippen MR) is 109 cm³/mol. The molecule has 28 heavy (non-hydrogen) atoms. The Morgan fingerprint density at radius 1 is 1.32 bits per heavy atom. The van der Waals surface area contributed by atoms with E-state index in [4.69, 9.17) is 4.74 Å². The van der Waals surface area contributed by atoms with Crippen molar-refractivity contribution in [1.29, 1.82) is 0 Å². The van der Waals surface area contributed by atoms with Gasteiger partial charge in [-0.25, -0.2) is 0 Å². The van der Waals surface area contributed by atoms with Crippen molar-refractivity contribution in [3.05, 3.63) is 42.0 Å². The molecule has 0 aromatic heterocycles. The Morgan fingerprint density at radius 2 is 2.14 bits per heavy atom. The zero-order valence-corrected chi connectivity index (χ0v) is 17.1. The number of esters is 1. The number of hydrogen-bond donors (Lipinski definition) is 0. The topological polar surface area (TPSA) is 32.8 Å². The van der Waals surface area contributed by atoms with Gasteiger partial charge in [-0.15, -0.1) is 0 Å². The van der Waals surface area contributed by atoms with Crippen LogP contribution in [0.5, 0.6) is 0 Å². The average molecular weight is 379 g/mol. The first-order valence-electron chi connectivity index (χ1n) is 11.0. The zero-order valence-electron chi connectivity index (χ0n) is 17.1. The van der Waals surface area contributed by atoms with E-state index in [0.29, 0.717) is 24.5 Å². The van der Waals surface area contributed by atoms with Crippen LogP contribution in [0, 0.1) is 17.3 Å². The molecule has 1 aromatic carbocycles. The van der Waals surface area contributed by atoms with Gasteiger partial charge in [0.1, 0.15) is 0 Å². The third kappa shape index (κ3) is 1.50. The molecule has 2 bridgehead atoms. The maximum Gasteiger partial charge on any atom is 0.302 e. The fourth-order valence-corrected chi connectivity index (χ4v) is 8.96. The van der Waals surface area contributed by atoms with Gasteiger partial charge in [0, 0.05) is 48.5 Å². The molecule has 3 fully saturated rings. The van der Waals surface area contributed by atoms with Gasteiger partial charge in [0.2, 0.25) is 0 Å². The molecule has 4 nitrogen and oxygen atoms in total. The van der Waals surface area contributed by atoms with E-state index in [1.807, 2.05) is 0 Å². The van der Waals surface area contributed by atoms with Gasteiger partial charge < -0.3 is 9.64 Å². The first kappa shape index (κ1) is 17.1. The van der Waals surface area contributed by atoms with E-state index in [9.17, 15) is 4.79 Å². The summed E-state index contributed by atoms with van der Waals surface area (Å²) in [6, 6.07) is 9.73. The lowest BCUT2D eigenvalue weighted by molar-refractivity contribution is -0.143. The van der Waals surface area contributed by atoms with Gasteiger partial charge in [-0.05, 0) is 43.9 Å². The summed E-state index contributed by atoms with van der Waals surface area (Å²) >= 11 is 0. The minimum Gasteiger partial charge on any atom is -0.465 e. The monoisotopic (exact) mass is 378 g/mol. The van der Waals surface area contributed by atoms with Crippen molar-refractivity contribution in [2.45, 2.75) is 50.6 Å². The third-order valence-corrected chi connectivity index (χ3v) is 9.23. The number of anilines is 1. The number of hydrogen-bond acceptors (Lipinski definition) is 4. The Balaban J connectivity index is 1.64. The molecule has 0 amide bonds. The van der Waals surface area contributed by atoms with Gasteiger partial charge in [-0.3, -0.25) is 9.69 Å². The second-order valence-electron chi connectivity index (χ2n) is 9.65. The van der Waals surface area contributed by atoms with Crippen molar-refractivity contribution in [3.63, 3.8) is 0 Å². The van der Waals surface area contributed by atoms with Gasteiger partial charge in [-0.2, -0.15) is 0 Å². The Hall–Kier alpha value is -1.81. The number of ether oxygens (including phenoxy) is 1. The first-order chi connectivity index (χ1) is 13.5. The minimum atomic E-state index is -0.152. The fourth-order valence-electron chi connectivity index (χ4n) is 8.96. The summed E-state index contributed by atoms with van der Waals surface area (Å²) in [5.41, 5.74) is 3.36. The van der Waals surface area contributed by atoms with Crippen molar-refractivity contribution >= 4 is 11.7 Å². The van der Waals surface area contributed by atoms with Crippen LogP contribution in [0.2, 0.25) is 0 Å². The van der Waals surface area contributed by atoms with Crippen LogP contribution in [0.25, 0.3) is 0 Å². The molecule has 148 valence electrons. The number of nitrogens with zero attached hydrogens (tertiary/aromatic N) is 2. The highest BCUT2D eigenvalue weighted by Gasteiger charge is 2.86. The van der Waals surface area contributed by atoms with Crippen molar-refractivity contribution in [2.24, 2.45) is 17.3 Å². The Bertz CT molecular complexity index is 896. The molecule has 5 aliphatic rings. The molecule has 6 rings (SSSR count). The predicted octanol–water partition coefficient (Wildman–Crippen LogP) is 3.37. The van der Waals surface area contributed by atoms with Crippen molar-refractivity contribution < 1.29 is 9.53 Å². The lowest BCUT2D eigenvalue weighted by Gasteiger charge is -2.54. The Morgan fingerprint density at radius 3 is 2.93 bits per heavy atom. The normalized spacial score (nSPS) is 44.5. The number of carbonyl (C=O) groups excluding carboxylic acids is 1. The molecule has 3 aliphatic heterocycles. The average Bonchev–Trinajstić information content (AvgIpc) is 3.34. The minimum absolute atomic E-state index is 0.0367. The number of likely N-dealkylation sites (N-methyl/N-ethyl adjacent to an activating group) is 1. The van der Waals surface area contributed by atoms with E-state index < -0.39 is 0 Å². The molecular formula is C24H30N2O2. The number of benzene rings is 1. The molecular weight excluding hydrogens is 348 g/mol. The van der Waals surface area contributed by atoms with Gasteiger partial charge >= 0.3 is 5.97 Å². The first-order valence-corrected chi connectivity index (χ1v) is 11.0. The summed E-state index contributed by atoms with van der Waals surface area (Å²) in [5, 5.41) is 0. The molecule has 1 saturated heterocycles. The molecule has 3 heterocycles. The summed E-state index contributed by atoms with van der Waals surface area (Å²) in [6.07, 6.45) is 7.33. The lowest BCUT2D eigenvalue weighted by Crippen LogP contribution is -2.65. The summed E-state index contributed by atoms with van der Waals surface area (Å²) in [6.45, 7) is 10.2. The van der Waals surface area contributed by atoms with E-state index in [-0.39, 0.29) is 22.3 Å². The second kappa shape index (κ2) is 5.21. The molecule has 0 N–H and O–H groups in total. The summed E-state index contributed by atoms with van der Waals surface area (Å²) < 4.78 is 5.70. The zero-order chi connectivity index (χ0) is 19.3. The summed E-state index contributed by atoms with van der Waals surface area (Å²) in [7, 11) is 0. The van der Waals surface area contributed by atoms with Gasteiger partial charge in [0.15, 0.2) is 0 Å². The molecule has 2 aliphatic carbocycles. The van der Waals surface area contributed by atoms with Crippen LogP contribution in [-0.4, -0.2) is 48.7 Å². The molecule has 1 aromatic rings. The lowest BCUT2D eigenvalue weighted by atomic mass is 9.57. The molecule has 4 heteroatoms. The van der Waals surface area contributed by atoms with Crippen molar-refractivity contribution in [3.8, 4) is 0 Å². The van der Waals surface area contributed by atoms with E-state index in [2.05, 4.69) is 60.1 Å². The van der Waals surface area contributed by atoms with Crippen LogP contribution >= 0.6 is 0 Å². The van der Waals surface area contributed by atoms with E-state index in [0.717, 1.165) is 19.5 Å². The number of carbonyl (C=O) groups is 1. The third-order valence-electron chi connectivity index (χ3n) is 9.23. The quantitative estimate of drug-likeness (QED) is 0.596. The summed E-state index contributed by atoms with van der Waals surface area (Å²) in [5.74, 6) is 0.760. The molecule has 0 unspecified atom stereocenters. The van der Waals surface area contributed by atoms with E-state index in [1.165, 1.54) is 18.7 Å². The SMILES string of the molecule is CCN1c2ccccc2[C@@]23CCN4CC=C[C@@]5(C[C@@H](COC(C)=O)[C@@]12[C@@H]5C)[C@H]43. The van der Waals surface area contributed by atoms with Crippen LogP contribution in [0.4, 0.5) is 5.69 Å². The van der Waals surface area contributed by atoms with Crippen molar-refractivity contribution in [2.75, 3.05) is 31.1 Å². The van der Waals surface area contributed by atoms with Gasteiger partial charge in [-0.1, -0.05) is 37.3 Å². The molecule has 0 radical (unpaired) electrons. The number of rotatable bonds is 3. The van der Waals surface area contributed by atoms with Crippen LogP contribution in [-0.2, 0) is 14.9 Å². The van der Waals surface area contributed by atoms with E-state index >= 15 is 0 Å². The maximum absolute atomic E-state index is 11.7. The van der Waals surface area contributed by atoms with E-state index in [1.54, 1.807) is 12.5 Å². The molecule has 3 spiro atoms. The maximum atomic E-state index is 11.7. The summed E-state index contributed by atoms with van der Waals surface area (Å²) in [4.78, 5) is 17.2.